The van der Waals surface area contributed by atoms with E-state index in [4.69, 9.17) is 5.73 Å². The Morgan fingerprint density at radius 3 is 2.62 bits per heavy atom. The van der Waals surface area contributed by atoms with E-state index in [1.54, 1.807) is 0 Å². The lowest BCUT2D eigenvalue weighted by molar-refractivity contribution is 0.00133. The summed E-state index contributed by atoms with van der Waals surface area (Å²) in [5, 5.41) is 6.09. The molecule has 5 heteroatoms. The van der Waals surface area contributed by atoms with Crippen molar-refractivity contribution in [2.75, 3.05) is 6.54 Å². The van der Waals surface area contributed by atoms with Gasteiger partial charge in [-0.15, -0.1) is 0 Å². The molecule has 0 bridgehead atoms. The zero-order valence-corrected chi connectivity index (χ0v) is 7.64. The zero-order valence-electron chi connectivity index (χ0n) is 7.64. The molecule has 0 aliphatic heterocycles. The predicted molar refractivity (Wildman–Crippen MR) is 45.6 cm³/mol. The summed E-state index contributed by atoms with van der Waals surface area (Å²) in [5.74, 6) is -2.86. The molecule has 0 radical (unpaired) electrons. The number of rotatable bonds is 3. The molecule has 13 heavy (non-hydrogen) atoms. The van der Waals surface area contributed by atoms with Gasteiger partial charge in [-0.3, -0.25) is 5.10 Å². The fourth-order valence-electron chi connectivity index (χ4n) is 0.924. The summed E-state index contributed by atoms with van der Waals surface area (Å²) in [6, 6.07) is 1.36. The summed E-state index contributed by atoms with van der Waals surface area (Å²) in [4.78, 5) is 0. The van der Waals surface area contributed by atoms with Crippen molar-refractivity contribution >= 4 is 0 Å². The van der Waals surface area contributed by atoms with Crippen molar-refractivity contribution in [2.24, 2.45) is 5.73 Å². The van der Waals surface area contributed by atoms with Gasteiger partial charge in [-0.25, -0.2) is 0 Å². The molecule has 3 N–H and O–H groups in total. The number of nitrogens with one attached hydrogen (secondary N) is 1. The van der Waals surface area contributed by atoms with Gasteiger partial charge in [-0.2, -0.15) is 13.9 Å². The highest BCUT2D eigenvalue weighted by Gasteiger charge is 2.32. The Labute approximate surface area is 75.3 Å². The van der Waals surface area contributed by atoms with Crippen LogP contribution in [0.15, 0.2) is 6.07 Å². The summed E-state index contributed by atoms with van der Waals surface area (Å²) in [6.45, 7) is 3.09. The first kappa shape index (κ1) is 10.1. The molecule has 0 atom stereocenters. The Morgan fingerprint density at radius 2 is 2.23 bits per heavy atom. The van der Waals surface area contributed by atoms with Crippen molar-refractivity contribution in [3.05, 3.63) is 17.5 Å². The largest absolute Gasteiger partial charge is 0.325 e. The van der Waals surface area contributed by atoms with Gasteiger partial charge in [0, 0.05) is 5.69 Å². The molecule has 1 rings (SSSR count). The van der Waals surface area contributed by atoms with Gasteiger partial charge in [0.15, 0.2) is 0 Å². The van der Waals surface area contributed by atoms with Crippen LogP contribution in [0, 0.1) is 0 Å². The van der Waals surface area contributed by atoms with Crippen molar-refractivity contribution in [1.82, 2.24) is 10.2 Å². The van der Waals surface area contributed by atoms with Crippen LogP contribution in [0.4, 0.5) is 8.78 Å². The van der Waals surface area contributed by atoms with Crippen LogP contribution in [0.25, 0.3) is 0 Å². The minimum absolute atomic E-state index is 0.162. The molecule has 0 aliphatic carbocycles. The van der Waals surface area contributed by atoms with Crippen LogP contribution in [0.5, 0.6) is 0 Å². The molecule has 0 amide bonds. The Balaban J connectivity index is 2.91. The fraction of sp³-hybridized carbons (Fsp3) is 0.625. The van der Waals surface area contributed by atoms with E-state index in [2.05, 4.69) is 10.2 Å². The van der Waals surface area contributed by atoms with Gasteiger partial charge >= 0.3 is 5.92 Å². The molecule has 0 saturated carbocycles. The highest BCUT2D eigenvalue weighted by Crippen LogP contribution is 2.26. The average molecular weight is 189 g/mol. The van der Waals surface area contributed by atoms with Gasteiger partial charge in [-0.1, -0.05) is 13.8 Å². The van der Waals surface area contributed by atoms with Gasteiger partial charge in [0.25, 0.3) is 0 Å². The third kappa shape index (κ3) is 2.03. The molecular weight excluding hydrogens is 176 g/mol. The van der Waals surface area contributed by atoms with Crippen molar-refractivity contribution in [2.45, 2.75) is 25.7 Å². The molecule has 1 heterocycles. The minimum atomic E-state index is -3.02. The fourth-order valence-corrected chi connectivity index (χ4v) is 0.924. The number of aromatic amines is 1. The van der Waals surface area contributed by atoms with Crippen LogP contribution in [-0.2, 0) is 5.92 Å². The van der Waals surface area contributed by atoms with Crippen LogP contribution in [-0.4, -0.2) is 16.7 Å². The molecule has 3 nitrogen and oxygen atoms in total. The minimum Gasteiger partial charge on any atom is -0.325 e. The van der Waals surface area contributed by atoms with Crippen LogP contribution in [0.2, 0.25) is 0 Å². The molecule has 1 aromatic rings. The maximum absolute atomic E-state index is 13.0. The van der Waals surface area contributed by atoms with E-state index in [-0.39, 0.29) is 11.6 Å². The normalized spacial score (nSPS) is 12.5. The van der Waals surface area contributed by atoms with Gasteiger partial charge in [0.05, 0.1) is 6.54 Å². The number of H-pyrrole nitrogens is 1. The Kier molecular flexibility index (Phi) is 2.66. The van der Waals surface area contributed by atoms with E-state index >= 15 is 0 Å². The topological polar surface area (TPSA) is 54.7 Å². The quantitative estimate of drug-likeness (QED) is 0.758. The second-order valence-corrected chi connectivity index (χ2v) is 3.27. The van der Waals surface area contributed by atoms with E-state index in [0.717, 1.165) is 0 Å². The highest BCUT2D eigenvalue weighted by atomic mass is 19.3. The standard InChI is InChI=1S/C8H13F2N3/c1-5(2)6-3-7(13-12-6)8(9,10)4-11/h3,5H,4,11H2,1-2H3,(H,12,13). The molecule has 0 aromatic carbocycles. The molecule has 0 unspecified atom stereocenters. The monoisotopic (exact) mass is 189 g/mol. The Hall–Kier alpha value is -0.970. The second-order valence-electron chi connectivity index (χ2n) is 3.27. The third-order valence-corrected chi connectivity index (χ3v) is 1.85. The second kappa shape index (κ2) is 3.41. The molecule has 74 valence electrons. The molecule has 0 aliphatic rings. The Bertz CT molecular complexity index is 281. The zero-order chi connectivity index (χ0) is 10.1. The van der Waals surface area contributed by atoms with E-state index in [9.17, 15) is 8.78 Å². The number of halogens is 2. The third-order valence-electron chi connectivity index (χ3n) is 1.85. The molecular formula is C8H13F2N3. The van der Waals surface area contributed by atoms with Crippen molar-refractivity contribution in [1.29, 1.82) is 0 Å². The van der Waals surface area contributed by atoms with Crippen molar-refractivity contribution < 1.29 is 8.78 Å². The predicted octanol–water partition coefficient (Wildman–Crippen LogP) is 1.58. The summed E-state index contributed by atoms with van der Waals surface area (Å²) < 4.78 is 25.9. The average Bonchev–Trinajstić information content (AvgIpc) is 2.52. The van der Waals surface area contributed by atoms with Crippen molar-refractivity contribution in [3.8, 4) is 0 Å². The van der Waals surface area contributed by atoms with Gasteiger partial charge < -0.3 is 5.73 Å². The first-order valence-corrected chi connectivity index (χ1v) is 4.11. The maximum Gasteiger partial charge on any atom is 0.303 e. The first-order chi connectivity index (χ1) is 5.97. The van der Waals surface area contributed by atoms with Crippen LogP contribution < -0.4 is 5.73 Å². The lowest BCUT2D eigenvalue weighted by Gasteiger charge is -2.09. The number of nitrogens with zero attached hydrogens (tertiary/aromatic N) is 1. The van der Waals surface area contributed by atoms with Gasteiger partial charge in [0.1, 0.15) is 5.69 Å². The number of alkyl halides is 2. The van der Waals surface area contributed by atoms with Gasteiger partial charge in [0.2, 0.25) is 0 Å². The maximum atomic E-state index is 13.0. The molecule has 0 spiro atoms. The summed E-state index contributed by atoms with van der Waals surface area (Å²) >= 11 is 0. The van der Waals surface area contributed by atoms with Crippen LogP contribution in [0.3, 0.4) is 0 Å². The Morgan fingerprint density at radius 1 is 1.62 bits per heavy atom. The van der Waals surface area contributed by atoms with E-state index in [1.165, 1.54) is 6.07 Å². The van der Waals surface area contributed by atoms with Crippen LogP contribution >= 0.6 is 0 Å². The lowest BCUT2D eigenvalue weighted by Crippen LogP contribution is -2.25. The van der Waals surface area contributed by atoms with Gasteiger partial charge in [-0.05, 0) is 12.0 Å². The lowest BCUT2D eigenvalue weighted by atomic mass is 10.1. The number of hydrogen-bond acceptors (Lipinski definition) is 2. The SMILES string of the molecule is CC(C)c1cc(C(F)(F)CN)n[nH]1. The summed E-state index contributed by atoms with van der Waals surface area (Å²) in [6.07, 6.45) is 0. The summed E-state index contributed by atoms with van der Waals surface area (Å²) in [7, 11) is 0. The molecule has 0 saturated heterocycles. The van der Waals surface area contributed by atoms with E-state index in [0.29, 0.717) is 5.69 Å². The number of hydrogen-bond donors (Lipinski definition) is 2. The molecule has 0 fully saturated rings. The van der Waals surface area contributed by atoms with Crippen LogP contribution in [0.1, 0.15) is 31.2 Å². The van der Waals surface area contributed by atoms with Crippen molar-refractivity contribution in [3.63, 3.8) is 0 Å². The number of nitrogens with two attached hydrogens (primary N) is 1. The summed E-state index contributed by atoms with van der Waals surface area (Å²) in [5.41, 5.74) is 5.34. The van der Waals surface area contributed by atoms with E-state index < -0.39 is 12.5 Å². The van der Waals surface area contributed by atoms with E-state index in [1.807, 2.05) is 13.8 Å². The first-order valence-electron chi connectivity index (χ1n) is 4.11. The smallest absolute Gasteiger partial charge is 0.303 e. The highest BCUT2D eigenvalue weighted by molar-refractivity contribution is 5.16. The number of aromatic nitrogens is 2. The molecule has 1 aromatic heterocycles.